The van der Waals surface area contributed by atoms with Crippen LogP contribution in [-0.2, 0) is 9.59 Å². The van der Waals surface area contributed by atoms with Gasteiger partial charge < -0.3 is 10.0 Å². The molecule has 1 saturated carbocycles. The Labute approximate surface area is 108 Å². The monoisotopic (exact) mass is 279 g/mol. The van der Waals surface area contributed by atoms with E-state index in [1.807, 2.05) is 0 Å². The average molecular weight is 279 g/mol. The molecule has 2 fully saturated rings. The number of carbonyl (C=O) groups is 2. The van der Waals surface area contributed by atoms with E-state index >= 15 is 0 Å². The van der Waals surface area contributed by atoms with Crippen molar-refractivity contribution in [2.75, 3.05) is 13.1 Å². The zero-order chi connectivity index (χ0) is 14.2. The van der Waals surface area contributed by atoms with Gasteiger partial charge in [0.15, 0.2) is 0 Å². The van der Waals surface area contributed by atoms with Crippen LogP contribution in [0.1, 0.15) is 25.7 Å². The first-order valence-electron chi connectivity index (χ1n) is 6.35. The molecule has 19 heavy (non-hydrogen) atoms. The molecule has 2 aliphatic rings. The Bertz CT molecular complexity index is 379. The minimum absolute atomic E-state index is 0.0488. The second kappa shape index (κ2) is 5.02. The first-order valence-corrected chi connectivity index (χ1v) is 6.35. The van der Waals surface area contributed by atoms with Crippen molar-refractivity contribution in [3.63, 3.8) is 0 Å². The fourth-order valence-corrected chi connectivity index (χ4v) is 2.70. The largest absolute Gasteiger partial charge is 0.481 e. The average Bonchev–Trinajstić information content (AvgIpc) is 3.03. The van der Waals surface area contributed by atoms with Crippen LogP contribution in [0.25, 0.3) is 0 Å². The third kappa shape index (κ3) is 3.61. The minimum atomic E-state index is -4.35. The molecule has 0 spiro atoms. The highest BCUT2D eigenvalue weighted by Crippen LogP contribution is 2.44. The predicted octanol–water partition coefficient (Wildman–Crippen LogP) is 1.90. The van der Waals surface area contributed by atoms with E-state index in [0.29, 0.717) is 12.5 Å². The number of nitrogens with zero attached hydrogens (tertiary/aromatic N) is 1. The van der Waals surface area contributed by atoms with Crippen LogP contribution in [0.3, 0.4) is 0 Å². The summed E-state index contributed by atoms with van der Waals surface area (Å²) in [7, 11) is 0. The highest BCUT2D eigenvalue weighted by Gasteiger charge is 2.46. The van der Waals surface area contributed by atoms with Crippen molar-refractivity contribution in [1.29, 1.82) is 0 Å². The van der Waals surface area contributed by atoms with E-state index in [1.54, 1.807) is 0 Å². The van der Waals surface area contributed by atoms with E-state index in [0.717, 1.165) is 12.8 Å². The summed E-state index contributed by atoms with van der Waals surface area (Å²) >= 11 is 0. The normalized spacial score (nSPS) is 27.6. The molecule has 2 rings (SSSR count). The van der Waals surface area contributed by atoms with Crippen LogP contribution < -0.4 is 0 Å². The number of likely N-dealkylation sites (tertiary alicyclic amines) is 1. The molecule has 1 heterocycles. The number of hydrogen-bond donors (Lipinski definition) is 1. The van der Waals surface area contributed by atoms with Crippen molar-refractivity contribution < 1.29 is 27.9 Å². The van der Waals surface area contributed by atoms with E-state index in [9.17, 15) is 22.8 Å². The summed E-state index contributed by atoms with van der Waals surface area (Å²) in [6, 6.07) is 0. The van der Waals surface area contributed by atoms with Crippen LogP contribution in [0.15, 0.2) is 0 Å². The molecular formula is C12H16F3NO3. The second-order valence-electron chi connectivity index (χ2n) is 5.36. The number of halogens is 3. The molecule has 1 amide bonds. The molecule has 7 heteroatoms. The first kappa shape index (κ1) is 14.1. The van der Waals surface area contributed by atoms with Gasteiger partial charge in [0, 0.05) is 19.5 Å². The topological polar surface area (TPSA) is 57.6 Å². The van der Waals surface area contributed by atoms with Gasteiger partial charge in [-0.1, -0.05) is 0 Å². The molecule has 0 aromatic rings. The fourth-order valence-electron chi connectivity index (χ4n) is 2.70. The Morgan fingerprint density at radius 3 is 2.32 bits per heavy atom. The third-order valence-corrected chi connectivity index (χ3v) is 3.88. The summed E-state index contributed by atoms with van der Waals surface area (Å²) in [5.74, 6) is -1.94. The summed E-state index contributed by atoms with van der Waals surface area (Å²) in [5.41, 5.74) is 0. The lowest BCUT2D eigenvalue weighted by Crippen LogP contribution is -2.30. The van der Waals surface area contributed by atoms with E-state index in [-0.39, 0.29) is 12.5 Å². The standard InChI is InChI=1S/C12H16F3NO3/c13-12(14,15)4-3-10(17)16-5-8(7-1-2-7)9(6-16)11(18)19/h7-9H,1-6H2,(H,18,19)/t8-,9+/m0/s1. The van der Waals surface area contributed by atoms with Gasteiger partial charge in [-0.3, -0.25) is 9.59 Å². The van der Waals surface area contributed by atoms with Gasteiger partial charge in [-0.15, -0.1) is 0 Å². The van der Waals surface area contributed by atoms with Gasteiger partial charge in [-0.05, 0) is 24.7 Å². The van der Waals surface area contributed by atoms with Crippen LogP contribution in [0.5, 0.6) is 0 Å². The molecule has 0 aromatic heterocycles. The zero-order valence-corrected chi connectivity index (χ0v) is 10.3. The maximum atomic E-state index is 12.1. The third-order valence-electron chi connectivity index (χ3n) is 3.88. The molecule has 0 radical (unpaired) electrons. The zero-order valence-electron chi connectivity index (χ0n) is 10.3. The smallest absolute Gasteiger partial charge is 0.389 e. The molecular weight excluding hydrogens is 263 g/mol. The van der Waals surface area contributed by atoms with Gasteiger partial charge in [0.05, 0.1) is 12.3 Å². The number of alkyl halides is 3. The van der Waals surface area contributed by atoms with Crippen LogP contribution in [0, 0.1) is 17.8 Å². The number of amides is 1. The van der Waals surface area contributed by atoms with Crippen LogP contribution in [0.4, 0.5) is 13.2 Å². The maximum Gasteiger partial charge on any atom is 0.389 e. The second-order valence-corrected chi connectivity index (χ2v) is 5.36. The summed E-state index contributed by atoms with van der Waals surface area (Å²) in [6.07, 6.45) is -4.17. The van der Waals surface area contributed by atoms with E-state index in [1.165, 1.54) is 4.90 Å². The molecule has 4 nitrogen and oxygen atoms in total. The SMILES string of the molecule is O=C(O)[C@@H]1CN(C(=O)CCC(F)(F)F)C[C@H]1C1CC1. The molecule has 108 valence electrons. The van der Waals surface area contributed by atoms with Crippen LogP contribution >= 0.6 is 0 Å². The van der Waals surface area contributed by atoms with E-state index in [2.05, 4.69) is 0 Å². The lowest BCUT2D eigenvalue weighted by atomic mass is 9.92. The molecule has 0 unspecified atom stereocenters. The fraction of sp³-hybridized carbons (Fsp3) is 0.833. The Morgan fingerprint density at radius 2 is 1.84 bits per heavy atom. The van der Waals surface area contributed by atoms with Crippen LogP contribution in [-0.4, -0.2) is 41.1 Å². The highest BCUT2D eigenvalue weighted by molar-refractivity contribution is 5.79. The van der Waals surface area contributed by atoms with Crippen LogP contribution in [0.2, 0.25) is 0 Å². The number of carboxylic acids is 1. The minimum Gasteiger partial charge on any atom is -0.481 e. The van der Waals surface area contributed by atoms with E-state index < -0.39 is 36.8 Å². The number of carboxylic acid groups (broad SMARTS) is 1. The molecule has 2 atom stereocenters. The van der Waals surface area contributed by atoms with Gasteiger partial charge in [-0.2, -0.15) is 13.2 Å². The van der Waals surface area contributed by atoms with Crippen molar-refractivity contribution >= 4 is 11.9 Å². The van der Waals surface area contributed by atoms with Gasteiger partial charge in [-0.25, -0.2) is 0 Å². The summed E-state index contributed by atoms with van der Waals surface area (Å²) in [6.45, 7) is 0.339. The van der Waals surface area contributed by atoms with Gasteiger partial charge in [0.1, 0.15) is 0 Å². The van der Waals surface area contributed by atoms with Crippen molar-refractivity contribution in [3.05, 3.63) is 0 Å². The highest BCUT2D eigenvalue weighted by atomic mass is 19.4. The lowest BCUT2D eigenvalue weighted by molar-refractivity contribution is -0.149. The van der Waals surface area contributed by atoms with Crippen molar-refractivity contribution in [3.8, 4) is 0 Å². The Kier molecular flexibility index (Phi) is 3.73. The lowest BCUT2D eigenvalue weighted by Gasteiger charge is -2.16. The Morgan fingerprint density at radius 1 is 1.21 bits per heavy atom. The first-order chi connectivity index (χ1) is 8.78. The number of aliphatic carboxylic acids is 1. The van der Waals surface area contributed by atoms with Crippen molar-refractivity contribution in [1.82, 2.24) is 4.90 Å². The van der Waals surface area contributed by atoms with Gasteiger partial charge in [0.2, 0.25) is 5.91 Å². The van der Waals surface area contributed by atoms with E-state index in [4.69, 9.17) is 5.11 Å². The quantitative estimate of drug-likeness (QED) is 0.855. The van der Waals surface area contributed by atoms with Gasteiger partial charge in [0.25, 0.3) is 0 Å². The molecule has 1 N–H and O–H groups in total. The Balaban J connectivity index is 1.91. The molecule has 0 bridgehead atoms. The summed E-state index contributed by atoms with van der Waals surface area (Å²) in [4.78, 5) is 24.1. The molecule has 1 saturated heterocycles. The van der Waals surface area contributed by atoms with Crippen molar-refractivity contribution in [2.24, 2.45) is 17.8 Å². The Hall–Kier alpha value is -1.27. The maximum absolute atomic E-state index is 12.1. The summed E-state index contributed by atoms with van der Waals surface area (Å²) < 4.78 is 36.2. The molecule has 1 aliphatic heterocycles. The molecule has 1 aliphatic carbocycles. The summed E-state index contributed by atoms with van der Waals surface area (Å²) in [5, 5.41) is 9.10. The number of rotatable bonds is 4. The molecule has 0 aromatic carbocycles. The van der Waals surface area contributed by atoms with Crippen molar-refractivity contribution in [2.45, 2.75) is 31.9 Å². The predicted molar refractivity (Wildman–Crippen MR) is 59.2 cm³/mol. The van der Waals surface area contributed by atoms with Gasteiger partial charge >= 0.3 is 12.1 Å². The number of hydrogen-bond acceptors (Lipinski definition) is 2. The number of carbonyl (C=O) groups excluding carboxylic acids is 1.